The highest BCUT2D eigenvalue weighted by Crippen LogP contribution is 2.58. The number of imidazole rings is 1. The number of ketones is 1. The van der Waals surface area contributed by atoms with Gasteiger partial charge in [-0.15, -0.1) is 0 Å². The zero-order valence-electron chi connectivity index (χ0n) is 18.3. The summed E-state index contributed by atoms with van der Waals surface area (Å²) in [6, 6.07) is 5.37. The van der Waals surface area contributed by atoms with Gasteiger partial charge in [0.2, 0.25) is 11.7 Å². The van der Waals surface area contributed by atoms with Gasteiger partial charge < -0.3 is 9.47 Å². The second-order valence-corrected chi connectivity index (χ2v) is 9.48. The molecule has 0 N–H and O–H groups in total. The number of hydrogen-bond acceptors (Lipinski definition) is 7. The number of aromatic nitrogens is 6. The van der Waals surface area contributed by atoms with Gasteiger partial charge in [-0.25, -0.2) is 14.5 Å². The summed E-state index contributed by atoms with van der Waals surface area (Å²) >= 11 is 0. The molecule has 32 heavy (non-hydrogen) atoms. The lowest BCUT2D eigenvalue weighted by atomic mass is 9.62. The van der Waals surface area contributed by atoms with E-state index in [0.29, 0.717) is 35.2 Å². The minimum atomic E-state index is -0.0891. The maximum absolute atomic E-state index is 13.2. The molecule has 2 saturated heterocycles. The SMILES string of the molecule is CC(C)Oc1nc2nc(C34COC(C)(C3)C4)cn2cc1CC(=O)c1cccc2ncnn12. The number of pyridine rings is 1. The van der Waals surface area contributed by atoms with Crippen molar-refractivity contribution in [1.82, 2.24) is 29.0 Å². The van der Waals surface area contributed by atoms with Crippen molar-refractivity contribution in [2.75, 3.05) is 6.61 Å². The van der Waals surface area contributed by atoms with Gasteiger partial charge >= 0.3 is 0 Å². The number of nitrogens with zero attached hydrogens (tertiary/aromatic N) is 6. The topological polar surface area (TPSA) is 95.9 Å². The van der Waals surface area contributed by atoms with E-state index in [2.05, 4.69) is 22.0 Å². The molecule has 9 nitrogen and oxygen atoms in total. The first-order valence-corrected chi connectivity index (χ1v) is 10.9. The van der Waals surface area contributed by atoms with Gasteiger partial charge in [0.15, 0.2) is 11.4 Å². The van der Waals surface area contributed by atoms with Crippen molar-refractivity contribution in [2.24, 2.45) is 0 Å². The molecule has 3 aliphatic rings. The lowest BCUT2D eigenvalue weighted by Gasteiger charge is -2.41. The van der Waals surface area contributed by atoms with Gasteiger partial charge in [0.1, 0.15) is 12.0 Å². The number of carbonyl (C=O) groups is 1. The molecule has 0 amide bonds. The number of hydrogen-bond donors (Lipinski definition) is 0. The van der Waals surface area contributed by atoms with Crippen LogP contribution in [0.1, 0.15) is 55.4 Å². The van der Waals surface area contributed by atoms with E-state index in [1.54, 1.807) is 10.6 Å². The van der Waals surface area contributed by atoms with Crippen LogP contribution in [0.3, 0.4) is 0 Å². The Balaban J connectivity index is 1.38. The van der Waals surface area contributed by atoms with Crippen LogP contribution in [-0.2, 0) is 16.6 Å². The molecule has 1 saturated carbocycles. The molecular formula is C23H24N6O3. The van der Waals surface area contributed by atoms with Gasteiger partial charge in [-0.2, -0.15) is 10.1 Å². The third-order valence-corrected chi connectivity index (χ3v) is 6.43. The van der Waals surface area contributed by atoms with Crippen molar-refractivity contribution in [3.63, 3.8) is 0 Å². The molecule has 2 bridgehead atoms. The molecule has 0 spiro atoms. The van der Waals surface area contributed by atoms with Gasteiger partial charge in [-0.1, -0.05) is 6.07 Å². The van der Waals surface area contributed by atoms with E-state index in [1.165, 1.54) is 6.33 Å². The van der Waals surface area contributed by atoms with Crippen molar-refractivity contribution in [3.8, 4) is 5.88 Å². The number of rotatable bonds is 6. The van der Waals surface area contributed by atoms with Crippen LogP contribution in [0.25, 0.3) is 11.4 Å². The fraction of sp³-hybridized carbons (Fsp3) is 0.435. The summed E-state index contributed by atoms with van der Waals surface area (Å²) in [5.74, 6) is 0.913. The van der Waals surface area contributed by atoms with Crippen LogP contribution in [-0.4, -0.2) is 53.1 Å². The molecule has 4 aromatic heterocycles. The van der Waals surface area contributed by atoms with E-state index >= 15 is 0 Å². The average Bonchev–Trinajstić information content (AvgIpc) is 3.48. The summed E-state index contributed by atoms with van der Waals surface area (Å²) in [5.41, 5.74) is 2.75. The normalized spacial score (nSPS) is 24.4. The summed E-state index contributed by atoms with van der Waals surface area (Å²) in [4.78, 5) is 26.8. The van der Waals surface area contributed by atoms with Gasteiger partial charge in [-0.05, 0) is 45.7 Å². The molecular weight excluding hydrogens is 408 g/mol. The fourth-order valence-electron chi connectivity index (χ4n) is 5.12. The predicted octanol–water partition coefficient (Wildman–Crippen LogP) is 2.81. The number of ether oxygens (including phenoxy) is 2. The highest BCUT2D eigenvalue weighted by Gasteiger charge is 2.61. The Bertz CT molecular complexity index is 1360. The Morgan fingerprint density at radius 2 is 2.09 bits per heavy atom. The van der Waals surface area contributed by atoms with Crippen molar-refractivity contribution in [3.05, 3.63) is 53.9 Å². The highest BCUT2D eigenvalue weighted by molar-refractivity contribution is 5.96. The third-order valence-electron chi connectivity index (χ3n) is 6.43. The van der Waals surface area contributed by atoms with Gasteiger partial charge in [-0.3, -0.25) is 9.20 Å². The van der Waals surface area contributed by atoms with Crippen LogP contribution < -0.4 is 4.74 Å². The molecule has 3 fully saturated rings. The fourth-order valence-corrected chi connectivity index (χ4v) is 5.12. The van der Waals surface area contributed by atoms with Crippen LogP contribution in [0, 0.1) is 0 Å². The smallest absolute Gasteiger partial charge is 0.237 e. The lowest BCUT2D eigenvalue weighted by Crippen LogP contribution is -2.45. The van der Waals surface area contributed by atoms with Crippen LogP contribution in [0.5, 0.6) is 5.88 Å². The maximum Gasteiger partial charge on any atom is 0.237 e. The minimum Gasteiger partial charge on any atom is -0.475 e. The maximum atomic E-state index is 13.2. The first-order chi connectivity index (χ1) is 15.3. The molecule has 4 aromatic rings. The van der Waals surface area contributed by atoms with Crippen molar-refractivity contribution >= 4 is 17.2 Å². The van der Waals surface area contributed by atoms with Crippen LogP contribution in [0.2, 0.25) is 0 Å². The summed E-state index contributed by atoms with van der Waals surface area (Å²) < 4.78 is 15.4. The first-order valence-electron chi connectivity index (χ1n) is 10.9. The van der Waals surface area contributed by atoms with E-state index in [9.17, 15) is 4.79 Å². The third kappa shape index (κ3) is 2.91. The summed E-state index contributed by atoms with van der Waals surface area (Å²) in [5, 5.41) is 4.18. The van der Waals surface area contributed by atoms with Crippen molar-refractivity contribution in [1.29, 1.82) is 0 Å². The molecule has 2 aliphatic heterocycles. The Labute approximate surface area is 184 Å². The predicted molar refractivity (Wildman–Crippen MR) is 115 cm³/mol. The monoisotopic (exact) mass is 432 g/mol. The molecule has 0 atom stereocenters. The van der Waals surface area contributed by atoms with E-state index in [1.807, 2.05) is 42.8 Å². The number of fused-ring (bicyclic) bond motifs is 3. The van der Waals surface area contributed by atoms with Gasteiger partial charge in [0.25, 0.3) is 0 Å². The molecule has 9 heteroatoms. The number of Topliss-reactive ketones (excluding diaryl/α,β-unsaturated/α-hetero) is 1. The number of carbonyl (C=O) groups excluding carboxylic acids is 1. The standard InChI is InChI=1S/C23H24N6O3/c1-14(2)32-20-15(7-17(30)16-5-4-6-19-24-13-25-29(16)19)8-28-9-18(26-21(28)27-20)23-10-22(3,11-23)31-12-23/h4-6,8-9,13-14H,7,10-12H2,1-3H3. The average molecular weight is 432 g/mol. The largest absolute Gasteiger partial charge is 0.475 e. The Hall–Kier alpha value is -3.33. The van der Waals surface area contributed by atoms with E-state index in [0.717, 1.165) is 18.5 Å². The second-order valence-electron chi connectivity index (χ2n) is 9.48. The van der Waals surface area contributed by atoms with Gasteiger partial charge in [0, 0.05) is 29.8 Å². The first kappa shape index (κ1) is 19.4. The molecule has 164 valence electrons. The van der Waals surface area contributed by atoms with E-state index < -0.39 is 0 Å². The summed E-state index contributed by atoms with van der Waals surface area (Å²) in [7, 11) is 0. The minimum absolute atomic E-state index is 0.0187. The van der Waals surface area contributed by atoms with Gasteiger partial charge in [0.05, 0.1) is 24.0 Å². The molecule has 0 radical (unpaired) electrons. The quantitative estimate of drug-likeness (QED) is 0.432. The zero-order chi connectivity index (χ0) is 22.1. The molecule has 6 heterocycles. The second kappa shape index (κ2) is 6.59. The molecule has 7 rings (SSSR count). The lowest BCUT2D eigenvalue weighted by molar-refractivity contribution is 0.0154. The van der Waals surface area contributed by atoms with Crippen LogP contribution in [0.4, 0.5) is 0 Å². The Kier molecular flexibility index (Phi) is 3.98. The summed E-state index contributed by atoms with van der Waals surface area (Å²) in [6.07, 6.45) is 7.36. The van der Waals surface area contributed by atoms with Crippen molar-refractivity contribution < 1.29 is 14.3 Å². The Morgan fingerprint density at radius 1 is 1.25 bits per heavy atom. The Morgan fingerprint density at radius 3 is 2.84 bits per heavy atom. The molecule has 0 aromatic carbocycles. The van der Waals surface area contributed by atoms with E-state index in [-0.39, 0.29) is 29.3 Å². The van der Waals surface area contributed by atoms with E-state index in [4.69, 9.17) is 14.5 Å². The summed E-state index contributed by atoms with van der Waals surface area (Å²) in [6.45, 7) is 6.72. The highest BCUT2D eigenvalue weighted by atomic mass is 16.5. The van der Waals surface area contributed by atoms with Crippen molar-refractivity contribution in [2.45, 2.75) is 57.2 Å². The molecule has 1 aliphatic carbocycles. The van der Waals surface area contributed by atoms with Crippen LogP contribution >= 0.6 is 0 Å². The van der Waals surface area contributed by atoms with Crippen LogP contribution in [0.15, 0.2) is 36.9 Å². The zero-order valence-corrected chi connectivity index (χ0v) is 18.3. The molecule has 0 unspecified atom stereocenters.